The van der Waals surface area contributed by atoms with Gasteiger partial charge < -0.3 is 15.6 Å². The summed E-state index contributed by atoms with van der Waals surface area (Å²) in [6.07, 6.45) is 7.57. The number of carbonyl (C=O) groups excluding carboxylic acids is 1. The first-order chi connectivity index (χ1) is 17.1. The van der Waals surface area contributed by atoms with Crippen molar-refractivity contribution in [2.45, 2.75) is 53.1 Å². The van der Waals surface area contributed by atoms with E-state index < -0.39 is 5.37 Å². The fourth-order valence-electron chi connectivity index (χ4n) is 4.36. The molecule has 36 heavy (non-hydrogen) atoms. The summed E-state index contributed by atoms with van der Waals surface area (Å²) in [6.45, 7) is 12.0. The van der Waals surface area contributed by atoms with E-state index in [1.807, 2.05) is 28.0 Å². The molecule has 9 heteroatoms. The van der Waals surface area contributed by atoms with E-state index in [0.717, 1.165) is 56.1 Å². The zero-order chi connectivity index (χ0) is 25.6. The molecule has 3 N–H and O–H groups in total. The number of nitrogens with two attached hydrogens (primary N) is 1. The number of aromatic nitrogens is 5. The molecular formula is C27H31N7OS. The molecule has 0 saturated carbocycles. The smallest absolute Gasteiger partial charge is 0.251 e. The number of H-pyrrole nitrogens is 1. The number of nitrogens with one attached hydrogen (secondary N) is 1. The van der Waals surface area contributed by atoms with Gasteiger partial charge in [0, 0.05) is 41.5 Å². The van der Waals surface area contributed by atoms with Gasteiger partial charge in [-0.25, -0.2) is 9.97 Å². The average Bonchev–Trinajstić information content (AvgIpc) is 3.57. The van der Waals surface area contributed by atoms with Crippen LogP contribution in [0.5, 0.6) is 0 Å². The minimum Gasteiger partial charge on any atom is -0.367 e. The maximum absolute atomic E-state index is 12.1. The molecule has 0 saturated heterocycles. The van der Waals surface area contributed by atoms with Gasteiger partial charge in [0.15, 0.2) is 5.37 Å². The predicted octanol–water partition coefficient (Wildman–Crippen LogP) is 5.06. The molecule has 186 valence electrons. The van der Waals surface area contributed by atoms with Crippen molar-refractivity contribution in [3.63, 3.8) is 0 Å². The molecule has 0 bridgehead atoms. The second-order valence-electron chi connectivity index (χ2n) is 10.2. The second kappa shape index (κ2) is 9.13. The molecule has 8 nitrogen and oxygen atoms in total. The Morgan fingerprint density at radius 3 is 2.67 bits per heavy atom. The molecule has 5 rings (SSSR count). The lowest BCUT2D eigenvalue weighted by Gasteiger charge is -2.23. The van der Waals surface area contributed by atoms with Gasteiger partial charge in [-0.2, -0.15) is 5.10 Å². The van der Waals surface area contributed by atoms with Crippen molar-refractivity contribution < 1.29 is 4.79 Å². The number of allylic oxidation sites excluding steroid dienone is 1. The Morgan fingerprint density at radius 2 is 2.00 bits per heavy atom. The zero-order valence-electron chi connectivity index (χ0n) is 21.2. The molecule has 1 unspecified atom stereocenters. The maximum Gasteiger partial charge on any atom is 0.251 e. The maximum atomic E-state index is 12.1. The van der Waals surface area contributed by atoms with Crippen LogP contribution >= 0.6 is 11.8 Å². The summed E-state index contributed by atoms with van der Waals surface area (Å²) < 4.78 is 1.90. The summed E-state index contributed by atoms with van der Waals surface area (Å²) in [4.78, 5) is 27.9. The van der Waals surface area contributed by atoms with Crippen LogP contribution in [-0.4, -0.2) is 40.9 Å². The van der Waals surface area contributed by atoms with Gasteiger partial charge in [0.05, 0.1) is 28.6 Å². The Kier molecular flexibility index (Phi) is 6.12. The highest BCUT2D eigenvalue weighted by atomic mass is 32.2. The van der Waals surface area contributed by atoms with Gasteiger partial charge in [-0.05, 0) is 42.5 Å². The number of benzene rings is 1. The third-order valence-electron chi connectivity index (χ3n) is 6.46. The second-order valence-corrected chi connectivity index (χ2v) is 11.3. The number of aromatic amines is 1. The highest BCUT2D eigenvalue weighted by Gasteiger charge is 2.34. The predicted molar refractivity (Wildman–Crippen MR) is 145 cm³/mol. The van der Waals surface area contributed by atoms with Crippen molar-refractivity contribution in [3.8, 4) is 22.5 Å². The molecule has 3 aromatic heterocycles. The molecule has 1 aromatic carbocycles. The Morgan fingerprint density at radius 1 is 1.19 bits per heavy atom. The summed E-state index contributed by atoms with van der Waals surface area (Å²) in [6, 6.07) is 8.37. The van der Waals surface area contributed by atoms with Crippen LogP contribution in [0.3, 0.4) is 0 Å². The molecule has 1 aliphatic rings. The van der Waals surface area contributed by atoms with Crippen LogP contribution in [0.1, 0.15) is 38.8 Å². The van der Waals surface area contributed by atoms with Crippen molar-refractivity contribution >= 4 is 28.7 Å². The molecule has 0 radical (unpaired) electrons. The van der Waals surface area contributed by atoms with Gasteiger partial charge in [0.25, 0.3) is 5.91 Å². The van der Waals surface area contributed by atoms with Crippen molar-refractivity contribution in [1.82, 2.24) is 29.6 Å². The van der Waals surface area contributed by atoms with E-state index in [9.17, 15) is 4.79 Å². The molecule has 4 heterocycles. The van der Waals surface area contributed by atoms with Crippen molar-refractivity contribution in [2.75, 3.05) is 0 Å². The molecule has 0 spiro atoms. The largest absolute Gasteiger partial charge is 0.367 e. The Hall–Kier alpha value is -3.59. The number of primary amides is 1. The number of hydrogen-bond acceptors (Lipinski definition) is 6. The van der Waals surface area contributed by atoms with Crippen LogP contribution < -0.4 is 5.73 Å². The highest BCUT2D eigenvalue weighted by molar-refractivity contribution is 8.04. The first-order valence-corrected chi connectivity index (χ1v) is 12.9. The first kappa shape index (κ1) is 24.1. The number of amides is 1. The Labute approximate surface area is 215 Å². The SMILES string of the molecule is CCn1cc(-c2cc3ncnc(-c4ccc(CN5C=C(C(C)(C)C)SC5C(N)=O)c(C)c4)c3[nH]2)cn1. The highest BCUT2D eigenvalue weighted by Crippen LogP contribution is 2.44. The Balaban J connectivity index is 1.45. The molecule has 4 aromatic rings. The van der Waals surface area contributed by atoms with Gasteiger partial charge in [-0.15, -0.1) is 0 Å². The quantitative estimate of drug-likeness (QED) is 0.382. The van der Waals surface area contributed by atoms with E-state index in [-0.39, 0.29) is 11.3 Å². The number of nitrogens with zero attached hydrogens (tertiary/aromatic N) is 5. The van der Waals surface area contributed by atoms with Crippen molar-refractivity contribution in [3.05, 3.63) is 65.2 Å². The zero-order valence-corrected chi connectivity index (χ0v) is 22.1. The topological polar surface area (TPSA) is 106 Å². The average molecular weight is 502 g/mol. The van der Waals surface area contributed by atoms with E-state index in [1.165, 1.54) is 0 Å². The summed E-state index contributed by atoms with van der Waals surface area (Å²) in [7, 11) is 0. The van der Waals surface area contributed by atoms with Crippen LogP contribution in [0, 0.1) is 12.3 Å². The van der Waals surface area contributed by atoms with Crippen LogP contribution in [0.15, 0.2) is 54.1 Å². The molecule has 1 aliphatic heterocycles. The Bertz CT molecular complexity index is 1480. The number of carbonyl (C=O) groups is 1. The fourth-order valence-corrected chi connectivity index (χ4v) is 5.54. The minimum absolute atomic E-state index is 0.0332. The van der Waals surface area contributed by atoms with Gasteiger partial charge in [-0.3, -0.25) is 9.48 Å². The van der Waals surface area contributed by atoms with Crippen LogP contribution in [0.4, 0.5) is 0 Å². The number of rotatable bonds is 6. The van der Waals surface area contributed by atoms with Gasteiger partial charge >= 0.3 is 0 Å². The fraction of sp³-hybridized carbons (Fsp3) is 0.333. The number of thioether (sulfide) groups is 1. The molecule has 0 fully saturated rings. The van der Waals surface area contributed by atoms with E-state index in [1.54, 1.807) is 18.1 Å². The lowest BCUT2D eigenvalue weighted by molar-refractivity contribution is -0.119. The molecule has 1 amide bonds. The summed E-state index contributed by atoms with van der Waals surface area (Å²) in [5.74, 6) is -0.319. The monoisotopic (exact) mass is 501 g/mol. The third-order valence-corrected chi connectivity index (χ3v) is 8.16. The van der Waals surface area contributed by atoms with Gasteiger partial charge in [0.1, 0.15) is 6.33 Å². The van der Waals surface area contributed by atoms with Crippen LogP contribution in [0.25, 0.3) is 33.5 Å². The van der Waals surface area contributed by atoms with Crippen LogP contribution in [-0.2, 0) is 17.9 Å². The van der Waals surface area contributed by atoms with Gasteiger partial charge in [-0.1, -0.05) is 44.7 Å². The summed E-state index contributed by atoms with van der Waals surface area (Å²) in [5, 5.41) is 3.99. The van der Waals surface area contributed by atoms with Crippen molar-refractivity contribution in [2.24, 2.45) is 11.1 Å². The summed E-state index contributed by atoms with van der Waals surface area (Å²) in [5.41, 5.74) is 13.6. The van der Waals surface area contributed by atoms with Gasteiger partial charge in [0.2, 0.25) is 0 Å². The summed E-state index contributed by atoms with van der Waals surface area (Å²) >= 11 is 1.55. The molecule has 1 atom stereocenters. The van der Waals surface area contributed by atoms with E-state index in [4.69, 9.17) is 5.73 Å². The first-order valence-electron chi connectivity index (χ1n) is 12.0. The molecular weight excluding hydrogens is 470 g/mol. The lowest BCUT2D eigenvalue weighted by Crippen LogP contribution is -2.36. The van der Waals surface area contributed by atoms with Crippen LogP contribution in [0.2, 0.25) is 0 Å². The number of hydrogen-bond donors (Lipinski definition) is 2. The normalized spacial score (nSPS) is 16.1. The third kappa shape index (κ3) is 4.51. The van der Waals surface area contributed by atoms with E-state index in [2.05, 4.69) is 79.1 Å². The minimum atomic E-state index is -0.394. The van der Waals surface area contributed by atoms with E-state index >= 15 is 0 Å². The van der Waals surface area contributed by atoms with Crippen molar-refractivity contribution in [1.29, 1.82) is 0 Å². The van der Waals surface area contributed by atoms with E-state index in [0.29, 0.717) is 6.54 Å². The lowest BCUT2D eigenvalue weighted by atomic mass is 9.96. The number of fused-ring (bicyclic) bond motifs is 1. The standard InChI is InChI=1S/C27H31N7OS/c1-6-34-13-19(11-31-34)20-10-21-24(32-20)23(30-15-29-21)17-7-8-18(16(2)9-17)12-33-14-22(27(3,4)5)36-26(33)25(28)35/h7-11,13-15,26,32H,6,12H2,1-5H3,(H2,28,35). The molecule has 0 aliphatic carbocycles. The number of aryl methyl sites for hydroxylation is 2.